The summed E-state index contributed by atoms with van der Waals surface area (Å²) in [6, 6.07) is -0.301. The van der Waals surface area contributed by atoms with E-state index in [4.69, 9.17) is 0 Å². The Bertz CT molecular complexity index is 360. The summed E-state index contributed by atoms with van der Waals surface area (Å²) in [6.45, 7) is 2.49. The third-order valence-corrected chi connectivity index (χ3v) is 6.14. The Labute approximate surface area is 114 Å². The van der Waals surface area contributed by atoms with Crippen molar-refractivity contribution in [1.29, 1.82) is 0 Å². The minimum Gasteiger partial charge on any atom is -0.480 e. The maximum absolute atomic E-state index is 11.6. The molecule has 0 aromatic heterocycles. The molecule has 4 heteroatoms. The van der Waals surface area contributed by atoms with Crippen LogP contribution in [0.2, 0.25) is 0 Å². The molecule has 4 nitrogen and oxygen atoms in total. The molecule has 1 heterocycles. The predicted molar refractivity (Wildman–Crippen MR) is 71.9 cm³/mol. The predicted octanol–water partition coefficient (Wildman–Crippen LogP) is 1.31. The first-order valence-electron chi connectivity index (χ1n) is 7.86. The van der Waals surface area contributed by atoms with Crippen LogP contribution in [0.5, 0.6) is 0 Å². The topological polar surface area (TPSA) is 52.6 Å². The molecule has 5 rings (SSSR count). The van der Waals surface area contributed by atoms with Crippen molar-refractivity contribution in [3.63, 3.8) is 0 Å². The Balaban J connectivity index is 1.64. The van der Waals surface area contributed by atoms with Crippen molar-refractivity contribution >= 4 is 5.97 Å². The fourth-order valence-corrected chi connectivity index (χ4v) is 5.91. The molecule has 0 aromatic rings. The molecule has 1 atom stereocenters. The van der Waals surface area contributed by atoms with Gasteiger partial charge in [0.15, 0.2) is 0 Å². The van der Waals surface area contributed by atoms with E-state index in [-0.39, 0.29) is 11.6 Å². The summed E-state index contributed by atoms with van der Waals surface area (Å²) < 4.78 is 0. The molecule has 1 aliphatic heterocycles. The third-order valence-electron chi connectivity index (χ3n) is 6.14. The van der Waals surface area contributed by atoms with Crippen LogP contribution in [0.3, 0.4) is 0 Å². The Hall–Kier alpha value is -0.610. The summed E-state index contributed by atoms with van der Waals surface area (Å²) in [5.41, 5.74) is 0.236. The van der Waals surface area contributed by atoms with Gasteiger partial charge in [0.2, 0.25) is 0 Å². The highest BCUT2D eigenvalue weighted by atomic mass is 16.4. The molecular formula is C15H24N2O2. The van der Waals surface area contributed by atoms with E-state index < -0.39 is 5.97 Å². The van der Waals surface area contributed by atoms with Gasteiger partial charge >= 0.3 is 5.97 Å². The maximum Gasteiger partial charge on any atom is 0.322 e. The van der Waals surface area contributed by atoms with Gasteiger partial charge in [0, 0.05) is 25.2 Å². The van der Waals surface area contributed by atoms with Crippen molar-refractivity contribution in [2.75, 3.05) is 19.6 Å². The molecule has 0 radical (unpaired) electrons. The van der Waals surface area contributed by atoms with E-state index in [0.29, 0.717) is 6.54 Å². The fraction of sp³-hybridized carbons (Fsp3) is 0.933. The monoisotopic (exact) mass is 264 g/mol. The van der Waals surface area contributed by atoms with Crippen LogP contribution in [-0.4, -0.2) is 47.2 Å². The largest absolute Gasteiger partial charge is 0.480 e. The number of carbonyl (C=O) groups is 1. The van der Waals surface area contributed by atoms with Crippen LogP contribution >= 0.6 is 0 Å². The number of carboxylic acid groups (broad SMARTS) is 1. The van der Waals surface area contributed by atoms with Crippen molar-refractivity contribution in [3.8, 4) is 0 Å². The lowest BCUT2D eigenvalue weighted by Crippen LogP contribution is -2.68. The van der Waals surface area contributed by atoms with E-state index in [9.17, 15) is 9.90 Å². The summed E-state index contributed by atoms with van der Waals surface area (Å²) in [7, 11) is 0. The standard InChI is InChI=1S/C15H24N2O2/c18-14(19)13-9-16-1-2-17(13)15-6-10-3-11(7-15)5-12(4-10)8-15/h10-13,16H,1-9H2,(H,18,19). The molecule has 0 amide bonds. The summed E-state index contributed by atoms with van der Waals surface area (Å²) >= 11 is 0. The van der Waals surface area contributed by atoms with E-state index in [0.717, 1.165) is 30.8 Å². The van der Waals surface area contributed by atoms with Crippen molar-refractivity contribution < 1.29 is 9.90 Å². The van der Waals surface area contributed by atoms with Gasteiger partial charge in [-0.2, -0.15) is 0 Å². The van der Waals surface area contributed by atoms with Crippen LogP contribution in [0.1, 0.15) is 38.5 Å². The average molecular weight is 264 g/mol. The Morgan fingerprint density at radius 3 is 2.21 bits per heavy atom. The van der Waals surface area contributed by atoms with Gasteiger partial charge in [-0.1, -0.05) is 0 Å². The molecule has 0 aromatic carbocycles. The lowest BCUT2D eigenvalue weighted by molar-refractivity contribution is -0.157. The van der Waals surface area contributed by atoms with Crippen LogP contribution in [0, 0.1) is 17.8 Å². The number of hydrogen-bond donors (Lipinski definition) is 2. The molecule has 4 bridgehead atoms. The van der Waals surface area contributed by atoms with Crippen molar-refractivity contribution in [2.24, 2.45) is 17.8 Å². The molecule has 2 N–H and O–H groups in total. The van der Waals surface area contributed by atoms with E-state index in [1.807, 2.05) is 0 Å². The number of hydrogen-bond acceptors (Lipinski definition) is 3. The van der Waals surface area contributed by atoms with Gasteiger partial charge in [0.25, 0.3) is 0 Å². The maximum atomic E-state index is 11.6. The highest BCUT2D eigenvalue weighted by Crippen LogP contribution is 2.58. The zero-order valence-corrected chi connectivity index (χ0v) is 11.5. The first-order valence-corrected chi connectivity index (χ1v) is 7.86. The molecule has 5 fully saturated rings. The lowest BCUT2D eigenvalue weighted by Gasteiger charge is -2.62. The SMILES string of the molecule is O=C(O)C1CNCCN1C12CC3CC(CC(C3)C1)C2. The van der Waals surface area contributed by atoms with Gasteiger partial charge in [0.05, 0.1) is 0 Å². The molecule has 0 spiro atoms. The van der Waals surface area contributed by atoms with Crippen molar-refractivity contribution in [2.45, 2.75) is 50.1 Å². The molecular weight excluding hydrogens is 240 g/mol. The molecule has 19 heavy (non-hydrogen) atoms. The second-order valence-electron chi connectivity index (χ2n) is 7.39. The molecule has 1 unspecified atom stereocenters. The second kappa shape index (κ2) is 4.19. The molecule has 1 saturated heterocycles. The smallest absolute Gasteiger partial charge is 0.322 e. The van der Waals surface area contributed by atoms with Gasteiger partial charge in [-0.3, -0.25) is 9.69 Å². The summed E-state index contributed by atoms with van der Waals surface area (Å²) in [4.78, 5) is 14.0. The first-order chi connectivity index (χ1) is 9.16. The number of aliphatic carboxylic acids is 1. The van der Waals surface area contributed by atoms with Crippen LogP contribution in [-0.2, 0) is 4.79 Å². The zero-order valence-electron chi connectivity index (χ0n) is 11.5. The number of nitrogens with one attached hydrogen (secondary N) is 1. The number of nitrogens with zero attached hydrogens (tertiary/aromatic N) is 1. The highest BCUT2D eigenvalue weighted by Gasteiger charge is 2.55. The Morgan fingerprint density at radius 1 is 1.11 bits per heavy atom. The van der Waals surface area contributed by atoms with E-state index in [2.05, 4.69) is 10.2 Å². The number of carboxylic acids is 1. The number of piperazine rings is 1. The molecule has 4 saturated carbocycles. The molecule has 106 valence electrons. The summed E-state index contributed by atoms with van der Waals surface area (Å²) in [5, 5.41) is 12.8. The van der Waals surface area contributed by atoms with E-state index in [1.165, 1.54) is 38.5 Å². The van der Waals surface area contributed by atoms with Gasteiger partial charge in [-0.25, -0.2) is 0 Å². The highest BCUT2D eigenvalue weighted by molar-refractivity contribution is 5.74. The van der Waals surface area contributed by atoms with Gasteiger partial charge in [-0.05, 0) is 56.3 Å². The molecule has 4 aliphatic carbocycles. The fourth-order valence-electron chi connectivity index (χ4n) is 5.91. The van der Waals surface area contributed by atoms with Gasteiger partial charge < -0.3 is 10.4 Å². The van der Waals surface area contributed by atoms with Crippen molar-refractivity contribution in [1.82, 2.24) is 10.2 Å². The molecule has 5 aliphatic rings. The van der Waals surface area contributed by atoms with E-state index >= 15 is 0 Å². The minimum atomic E-state index is -0.636. The average Bonchev–Trinajstić information content (AvgIpc) is 2.37. The Morgan fingerprint density at radius 2 is 1.68 bits per heavy atom. The van der Waals surface area contributed by atoms with Gasteiger partial charge in [-0.15, -0.1) is 0 Å². The normalized spacial score (nSPS) is 49.5. The van der Waals surface area contributed by atoms with Crippen LogP contribution in [0.25, 0.3) is 0 Å². The van der Waals surface area contributed by atoms with Gasteiger partial charge in [0.1, 0.15) is 6.04 Å². The van der Waals surface area contributed by atoms with Crippen LogP contribution in [0.15, 0.2) is 0 Å². The summed E-state index contributed by atoms with van der Waals surface area (Å²) in [6.07, 6.45) is 8.06. The first kappa shape index (κ1) is 12.2. The summed E-state index contributed by atoms with van der Waals surface area (Å²) in [5.74, 6) is 2.02. The third kappa shape index (κ3) is 1.83. The quantitative estimate of drug-likeness (QED) is 0.789. The van der Waals surface area contributed by atoms with Crippen molar-refractivity contribution in [3.05, 3.63) is 0 Å². The lowest BCUT2D eigenvalue weighted by atomic mass is 9.52. The van der Waals surface area contributed by atoms with E-state index in [1.54, 1.807) is 0 Å². The Kier molecular flexibility index (Phi) is 2.68. The van der Waals surface area contributed by atoms with Crippen LogP contribution < -0.4 is 5.32 Å². The zero-order chi connectivity index (χ0) is 13.0. The second-order valence-corrected chi connectivity index (χ2v) is 7.39. The minimum absolute atomic E-state index is 0.236. The number of rotatable bonds is 2. The van der Waals surface area contributed by atoms with Crippen LogP contribution in [0.4, 0.5) is 0 Å².